The van der Waals surface area contributed by atoms with Gasteiger partial charge in [-0.3, -0.25) is 4.79 Å². The summed E-state index contributed by atoms with van der Waals surface area (Å²) in [5, 5.41) is 7.76. The van der Waals surface area contributed by atoms with Gasteiger partial charge in [-0.1, -0.05) is 29.4 Å². The number of anilines is 1. The molecule has 5 aromatic rings. The van der Waals surface area contributed by atoms with Crippen LogP contribution in [-0.4, -0.2) is 21.0 Å². The predicted molar refractivity (Wildman–Crippen MR) is 108 cm³/mol. The quantitative estimate of drug-likeness (QED) is 0.487. The van der Waals surface area contributed by atoms with Crippen molar-refractivity contribution in [2.75, 3.05) is 5.32 Å². The number of imidazole rings is 1. The molecule has 0 radical (unpaired) electrons. The van der Waals surface area contributed by atoms with E-state index >= 15 is 0 Å². The van der Waals surface area contributed by atoms with Gasteiger partial charge < -0.3 is 14.8 Å². The van der Waals surface area contributed by atoms with Crippen molar-refractivity contribution in [3.05, 3.63) is 78.5 Å². The van der Waals surface area contributed by atoms with Gasteiger partial charge in [-0.05, 0) is 48.5 Å². The highest BCUT2D eigenvalue weighted by molar-refractivity contribution is 5.94. The van der Waals surface area contributed by atoms with E-state index < -0.39 is 0 Å². The number of rotatable bonds is 4. The molecule has 0 unspecified atom stereocenters. The van der Waals surface area contributed by atoms with Crippen molar-refractivity contribution in [3.63, 3.8) is 0 Å². The van der Waals surface area contributed by atoms with Gasteiger partial charge in [-0.25, -0.2) is 4.98 Å². The summed E-state index contributed by atoms with van der Waals surface area (Å²) in [5.41, 5.74) is 4.91. The molecule has 2 N–H and O–H groups in total. The number of hydrogen-bond donors (Lipinski definition) is 2. The van der Waals surface area contributed by atoms with Gasteiger partial charge in [0, 0.05) is 16.6 Å². The number of benzene rings is 3. The number of para-hydroxylation sites is 3. The molecule has 2 heterocycles. The Hall–Kier alpha value is -3.93. The number of nitrogens with zero attached hydrogens (tertiary/aromatic N) is 2. The van der Waals surface area contributed by atoms with Crippen LogP contribution >= 0.6 is 0 Å². The van der Waals surface area contributed by atoms with Crippen molar-refractivity contribution in [1.82, 2.24) is 15.1 Å². The van der Waals surface area contributed by atoms with Crippen LogP contribution in [0.25, 0.3) is 33.4 Å². The zero-order valence-electron chi connectivity index (χ0n) is 14.8. The molecule has 28 heavy (non-hydrogen) atoms. The third kappa shape index (κ3) is 3.01. The van der Waals surface area contributed by atoms with E-state index in [1.807, 2.05) is 72.8 Å². The van der Waals surface area contributed by atoms with Crippen LogP contribution in [0.4, 0.5) is 5.69 Å². The van der Waals surface area contributed by atoms with E-state index in [-0.39, 0.29) is 12.3 Å². The Morgan fingerprint density at radius 2 is 1.75 bits per heavy atom. The second-order valence-corrected chi connectivity index (χ2v) is 6.53. The van der Waals surface area contributed by atoms with Crippen molar-refractivity contribution in [2.24, 2.45) is 0 Å². The maximum atomic E-state index is 12.4. The van der Waals surface area contributed by atoms with Gasteiger partial charge in [0.2, 0.25) is 5.91 Å². The molecule has 0 fully saturated rings. The first kappa shape index (κ1) is 16.3. The van der Waals surface area contributed by atoms with Gasteiger partial charge in [0.05, 0.1) is 17.5 Å². The molecule has 5 rings (SSSR count). The summed E-state index contributed by atoms with van der Waals surface area (Å²) in [6, 6.07) is 23.0. The Labute approximate surface area is 160 Å². The molecular weight excluding hydrogens is 352 g/mol. The monoisotopic (exact) mass is 368 g/mol. The molecule has 0 spiro atoms. The van der Waals surface area contributed by atoms with E-state index in [2.05, 4.69) is 20.4 Å². The summed E-state index contributed by atoms with van der Waals surface area (Å²) in [6.45, 7) is 0. The molecule has 0 saturated carbocycles. The average Bonchev–Trinajstić information content (AvgIpc) is 3.33. The number of hydrogen-bond acceptors (Lipinski definition) is 4. The molecule has 6 heteroatoms. The Morgan fingerprint density at radius 3 is 2.61 bits per heavy atom. The molecule has 0 aliphatic carbocycles. The molecule has 0 aliphatic rings. The van der Waals surface area contributed by atoms with Crippen LogP contribution in [0, 0.1) is 0 Å². The van der Waals surface area contributed by atoms with Crippen LogP contribution < -0.4 is 5.32 Å². The first-order chi connectivity index (χ1) is 13.8. The predicted octanol–water partition coefficient (Wildman–Crippen LogP) is 4.55. The second kappa shape index (κ2) is 6.66. The number of carbonyl (C=O) groups is 1. The normalized spacial score (nSPS) is 11.1. The highest BCUT2D eigenvalue weighted by Crippen LogP contribution is 2.22. The van der Waals surface area contributed by atoms with E-state index in [1.165, 1.54) is 0 Å². The lowest BCUT2D eigenvalue weighted by Crippen LogP contribution is -2.14. The van der Waals surface area contributed by atoms with Crippen LogP contribution in [-0.2, 0) is 11.2 Å². The van der Waals surface area contributed by atoms with E-state index in [9.17, 15) is 4.79 Å². The molecular formula is C22H16N4O2. The van der Waals surface area contributed by atoms with Gasteiger partial charge in [-0.2, -0.15) is 0 Å². The van der Waals surface area contributed by atoms with Gasteiger partial charge >= 0.3 is 0 Å². The number of carbonyl (C=O) groups excluding carboxylic acids is 1. The average molecular weight is 368 g/mol. The summed E-state index contributed by atoms with van der Waals surface area (Å²) in [4.78, 5) is 20.3. The second-order valence-electron chi connectivity index (χ2n) is 6.53. The summed E-state index contributed by atoms with van der Waals surface area (Å²) in [7, 11) is 0. The first-order valence-electron chi connectivity index (χ1n) is 8.94. The fourth-order valence-corrected chi connectivity index (χ4v) is 3.22. The fourth-order valence-electron chi connectivity index (χ4n) is 3.22. The van der Waals surface area contributed by atoms with E-state index in [0.29, 0.717) is 11.3 Å². The van der Waals surface area contributed by atoms with Crippen molar-refractivity contribution in [3.8, 4) is 11.4 Å². The summed E-state index contributed by atoms with van der Waals surface area (Å²) in [5.74, 6) is 0.656. The van der Waals surface area contributed by atoms with Crippen molar-refractivity contribution < 1.29 is 9.32 Å². The lowest BCUT2D eigenvalue weighted by atomic mass is 10.1. The number of amides is 1. The Bertz CT molecular complexity index is 1250. The zero-order valence-corrected chi connectivity index (χ0v) is 14.8. The van der Waals surface area contributed by atoms with Gasteiger partial charge in [0.15, 0.2) is 5.58 Å². The number of aromatic amines is 1. The molecule has 0 bridgehead atoms. The van der Waals surface area contributed by atoms with Gasteiger partial charge in [0.25, 0.3) is 0 Å². The Morgan fingerprint density at radius 1 is 0.964 bits per heavy atom. The van der Waals surface area contributed by atoms with Crippen LogP contribution in [0.1, 0.15) is 5.69 Å². The molecule has 2 aromatic heterocycles. The van der Waals surface area contributed by atoms with Gasteiger partial charge in [0.1, 0.15) is 11.5 Å². The topological polar surface area (TPSA) is 83.8 Å². The van der Waals surface area contributed by atoms with E-state index in [4.69, 9.17) is 4.52 Å². The number of aromatic nitrogens is 3. The molecule has 6 nitrogen and oxygen atoms in total. The van der Waals surface area contributed by atoms with Crippen LogP contribution in [0.2, 0.25) is 0 Å². The minimum atomic E-state index is -0.143. The van der Waals surface area contributed by atoms with E-state index in [1.54, 1.807) is 0 Å². The Balaban J connectivity index is 1.31. The van der Waals surface area contributed by atoms with Crippen LogP contribution in [0.5, 0.6) is 0 Å². The molecule has 136 valence electrons. The van der Waals surface area contributed by atoms with Crippen LogP contribution in [0.3, 0.4) is 0 Å². The lowest BCUT2D eigenvalue weighted by molar-refractivity contribution is -0.115. The van der Waals surface area contributed by atoms with Crippen LogP contribution in [0.15, 0.2) is 77.3 Å². The third-order valence-corrected chi connectivity index (χ3v) is 4.61. The number of fused-ring (bicyclic) bond motifs is 2. The third-order valence-electron chi connectivity index (χ3n) is 4.61. The highest BCUT2D eigenvalue weighted by atomic mass is 16.5. The molecule has 3 aromatic carbocycles. The number of H-pyrrole nitrogens is 1. The molecule has 1 amide bonds. The van der Waals surface area contributed by atoms with Crippen molar-refractivity contribution in [1.29, 1.82) is 0 Å². The molecule has 0 saturated heterocycles. The fraction of sp³-hybridized carbons (Fsp3) is 0.0455. The van der Waals surface area contributed by atoms with Crippen molar-refractivity contribution >= 4 is 33.6 Å². The standard InChI is InChI=1S/C22H16N4O2/c27-21(13-19-16-5-1-4-8-20(16)28-26-19)23-15-11-9-14(10-12-15)22-24-17-6-2-3-7-18(17)25-22/h1-12H,13H2,(H,23,27)(H,24,25). The Kier molecular flexibility index (Phi) is 3.87. The zero-order chi connectivity index (χ0) is 18.9. The minimum absolute atomic E-state index is 0.143. The molecule has 0 aliphatic heterocycles. The maximum absolute atomic E-state index is 12.4. The SMILES string of the molecule is O=C(Cc1noc2ccccc12)Nc1ccc(-c2nc3ccccc3[nH]2)cc1. The summed E-state index contributed by atoms with van der Waals surface area (Å²) >= 11 is 0. The maximum Gasteiger partial charge on any atom is 0.230 e. The first-order valence-corrected chi connectivity index (χ1v) is 8.94. The number of nitrogens with one attached hydrogen (secondary N) is 2. The van der Waals surface area contributed by atoms with Gasteiger partial charge in [-0.15, -0.1) is 0 Å². The van der Waals surface area contributed by atoms with Crippen molar-refractivity contribution in [2.45, 2.75) is 6.42 Å². The molecule has 0 atom stereocenters. The lowest BCUT2D eigenvalue weighted by Gasteiger charge is -2.05. The van der Waals surface area contributed by atoms with E-state index in [0.717, 1.165) is 33.5 Å². The summed E-state index contributed by atoms with van der Waals surface area (Å²) < 4.78 is 5.25. The minimum Gasteiger partial charge on any atom is -0.356 e. The highest BCUT2D eigenvalue weighted by Gasteiger charge is 2.12. The largest absolute Gasteiger partial charge is 0.356 e. The summed E-state index contributed by atoms with van der Waals surface area (Å²) in [6.07, 6.45) is 0.155. The smallest absolute Gasteiger partial charge is 0.230 e.